The molecule has 0 amide bonds. The van der Waals surface area contributed by atoms with E-state index in [1.807, 2.05) is 0 Å². The Morgan fingerprint density at radius 3 is 3.27 bits per heavy atom. The highest BCUT2D eigenvalue weighted by atomic mass is 16.1. The summed E-state index contributed by atoms with van der Waals surface area (Å²) in [5, 5.41) is 2.77. The van der Waals surface area contributed by atoms with Crippen LogP contribution >= 0.6 is 0 Å². The summed E-state index contributed by atoms with van der Waals surface area (Å²) in [6.45, 7) is 0.371. The van der Waals surface area contributed by atoms with Crippen LogP contribution in [0.5, 0.6) is 0 Å². The summed E-state index contributed by atoms with van der Waals surface area (Å²) in [4.78, 5) is 16.9. The van der Waals surface area contributed by atoms with Crippen molar-refractivity contribution in [3.63, 3.8) is 0 Å². The maximum atomic E-state index is 10.7. The summed E-state index contributed by atoms with van der Waals surface area (Å²) in [6.07, 6.45) is 6.31. The molecule has 4 nitrogen and oxygen atoms in total. The van der Waals surface area contributed by atoms with Gasteiger partial charge in [0.05, 0.1) is 12.9 Å². The van der Waals surface area contributed by atoms with Crippen molar-refractivity contribution in [2.45, 2.75) is 0 Å². The Balaban J connectivity index is 2.73. The number of terminal acetylenes is 1. The predicted molar refractivity (Wildman–Crippen MR) is 42.2 cm³/mol. The third kappa shape index (κ3) is 2.14. The highest BCUT2D eigenvalue weighted by Crippen LogP contribution is 1.91. The SMILES string of the molecule is C#CCNc1cc(=O)[nH]cn1. The zero-order chi connectivity index (χ0) is 8.10. The largest absolute Gasteiger partial charge is 0.359 e. The first-order chi connectivity index (χ1) is 5.33. The van der Waals surface area contributed by atoms with Crippen LogP contribution in [-0.2, 0) is 0 Å². The average Bonchev–Trinajstić information content (AvgIpc) is 2.01. The molecule has 0 atom stereocenters. The van der Waals surface area contributed by atoms with E-state index in [0.717, 1.165) is 0 Å². The molecule has 0 aromatic carbocycles. The number of anilines is 1. The second-order valence-corrected chi connectivity index (χ2v) is 1.85. The third-order valence-electron chi connectivity index (χ3n) is 1.05. The molecule has 0 saturated carbocycles. The molecule has 1 rings (SSSR count). The summed E-state index contributed by atoms with van der Waals surface area (Å²) in [7, 11) is 0. The van der Waals surface area contributed by atoms with Crippen LogP contribution in [0, 0.1) is 12.3 Å². The van der Waals surface area contributed by atoms with E-state index in [4.69, 9.17) is 6.42 Å². The maximum absolute atomic E-state index is 10.7. The number of rotatable bonds is 2. The van der Waals surface area contributed by atoms with E-state index in [9.17, 15) is 4.79 Å². The van der Waals surface area contributed by atoms with E-state index in [1.165, 1.54) is 12.4 Å². The Kier molecular flexibility index (Phi) is 2.28. The molecule has 1 aromatic heterocycles. The van der Waals surface area contributed by atoms with Gasteiger partial charge in [-0.05, 0) is 0 Å². The Labute approximate surface area is 63.7 Å². The van der Waals surface area contributed by atoms with Crippen molar-refractivity contribution in [2.24, 2.45) is 0 Å². The lowest BCUT2D eigenvalue weighted by Crippen LogP contribution is -2.08. The van der Waals surface area contributed by atoms with Crippen molar-refractivity contribution >= 4 is 5.82 Å². The fraction of sp³-hybridized carbons (Fsp3) is 0.143. The van der Waals surface area contributed by atoms with Gasteiger partial charge >= 0.3 is 0 Å². The summed E-state index contributed by atoms with van der Waals surface area (Å²) in [5.41, 5.74) is -0.195. The molecule has 0 aliphatic heterocycles. The lowest BCUT2D eigenvalue weighted by Gasteiger charge is -1.97. The average molecular weight is 149 g/mol. The predicted octanol–water partition coefficient (Wildman–Crippen LogP) is -0.185. The molecule has 0 spiro atoms. The molecule has 0 bridgehead atoms. The smallest absolute Gasteiger partial charge is 0.252 e. The van der Waals surface area contributed by atoms with E-state index < -0.39 is 0 Å². The second-order valence-electron chi connectivity index (χ2n) is 1.85. The van der Waals surface area contributed by atoms with Gasteiger partial charge in [-0.1, -0.05) is 5.92 Å². The van der Waals surface area contributed by atoms with Crippen LogP contribution in [0.25, 0.3) is 0 Å². The molecule has 56 valence electrons. The Bertz CT molecular complexity index is 323. The highest BCUT2D eigenvalue weighted by molar-refractivity contribution is 5.32. The minimum atomic E-state index is -0.195. The van der Waals surface area contributed by atoms with Gasteiger partial charge in [0.15, 0.2) is 0 Å². The topological polar surface area (TPSA) is 57.8 Å². The van der Waals surface area contributed by atoms with Gasteiger partial charge in [0, 0.05) is 6.07 Å². The number of H-pyrrole nitrogens is 1. The van der Waals surface area contributed by atoms with Gasteiger partial charge in [0.25, 0.3) is 5.56 Å². The van der Waals surface area contributed by atoms with E-state index >= 15 is 0 Å². The van der Waals surface area contributed by atoms with E-state index in [1.54, 1.807) is 0 Å². The Morgan fingerprint density at radius 2 is 2.64 bits per heavy atom. The molecule has 11 heavy (non-hydrogen) atoms. The molecule has 0 saturated heterocycles. The van der Waals surface area contributed by atoms with Gasteiger partial charge in [0.1, 0.15) is 5.82 Å². The minimum absolute atomic E-state index is 0.195. The number of aromatic amines is 1. The van der Waals surface area contributed by atoms with Gasteiger partial charge in [0.2, 0.25) is 0 Å². The van der Waals surface area contributed by atoms with E-state index in [0.29, 0.717) is 12.4 Å². The minimum Gasteiger partial charge on any atom is -0.359 e. The fourth-order valence-electron chi connectivity index (χ4n) is 0.607. The first-order valence-electron chi connectivity index (χ1n) is 3.05. The van der Waals surface area contributed by atoms with E-state index in [-0.39, 0.29) is 5.56 Å². The van der Waals surface area contributed by atoms with Crippen LogP contribution in [0.4, 0.5) is 5.82 Å². The van der Waals surface area contributed by atoms with Crippen LogP contribution in [0.2, 0.25) is 0 Å². The van der Waals surface area contributed by atoms with Crippen molar-refractivity contribution in [1.29, 1.82) is 0 Å². The molecular formula is C7H7N3O. The molecule has 0 aliphatic carbocycles. The monoisotopic (exact) mass is 149 g/mol. The molecule has 0 aliphatic rings. The highest BCUT2D eigenvalue weighted by Gasteiger charge is 1.89. The maximum Gasteiger partial charge on any atom is 0.252 e. The zero-order valence-electron chi connectivity index (χ0n) is 5.79. The normalized spacial score (nSPS) is 8.64. The molecule has 0 radical (unpaired) electrons. The second kappa shape index (κ2) is 3.42. The van der Waals surface area contributed by atoms with Crippen LogP contribution < -0.4 is 10.9 Å². The van der Waals surface area contributed by atoms with Crippen molar-refractivity contribution in [1.82, 2.24) is 9.97 Å². The standard InChI is InChI=1S/C7H7N3O/c1-2-3-8-6-4-7(11)10-5-9-6/h1,4-5H,3H2,(H2,8,9,10,11). The van der Waals surface area contributed by atoms with Crippen molar-refractivity contribution < 1.29 is 0 Å². The first-order valence-corrected chi connectivity index (χ1v) is 3.05. The van der Waals surface area contributed by atoms with Gasteiger partial charge in [-0.25, -0.2) is 4.98 Å². The van der Waals surface area contributed by atoms with Crippen molar-refractivity contribution in [3.8, 4) is 12.3 Å². The van der Waals surface area contributed by atoms with Gasteiger partial charge in [-0.2, -0.15) is 0 Å². The number of nitrogens with zero attached hydrogens (tertiary/aromatic N) is 1. The third-order valence-corrected chi connectivity index (χ3v) is 1.05. The van der Waals surface area contributed by atoms with Gasteiger partial charge < -0.3 is 10.3 Å². The lowest BCUT2D eigenvalue weighted by molar-refractivity contribution is 1.10. The van der Waals surface area contributed by atoms with Gasteiger partial charge in [-0.3, -0.25) is 4.79 Å². The molecule has 2 N–H and O–H groups in total. The molecule has 0 unspecified atom stereocenters. The Morgan fingerprint density at radius 1 is 1.82 bits per heavy atom. The quantitative estimate of drug-likeness (QED) is 0.573. The molecule has 4 heteroatoms. The Hall–Kier alpha value is -1.76. The number of aromatic nitrogens is 2. The molecule has 1 aromatic rings. The number of hydrogen-bond acceptors (Lipinski definition) is 3. The van der Waals surface area contributed by atoms with Crippen LogP contribution in [0.3, 0.4) is 0 Å². The van der Waals surface area contributed by atoms with Crippen LogP contribution in [0.1, 0.15) is 0 Å². The zero-order valence-corrected chi connectivity index (χ0v) is 5.79. The van der Waals surface area contributed by atoms with E-state index in [2.05, 4.69) is 21.2 Å². The molecule has 1 heterocycles. The lowest BCUT2D eigenvalue weighted by atomic mass is 10.5. The molecule has 0 fully saturated rings. The summed E-state index contributed by atoms with van der Waals surface area (Å²) in [6, 6.07) is 1.34. The number of nitrogens with one attached hydrogen (secondary N) is 2. The van der Waals surface area contributed by atoms with Crippen LogP contribution in [-0.4, -0.2) is 16.5 Å². The summed E-state index contributed by atoms with van der Waals surface area (Å²) >= 11 is 0. The molecular weight excluding hydrogens is 142 g/mol. The first kappa shape index (κ1) is 7.35. The summed E-state index contributed by atoms with van der Waals surface area (Å²) < 4.78 is 0. The van der Waals surface area contributed by atoms with Crippen LogP contribution in [0.15, 0.2) is 17.2 Å². The van der Waals surface area contributed by atoms with Crippen molar-refractivity contribution in [2.75, 3.05) is 11.9 Å². The van der Waals surface area contributed by atoms with Gasteiger partial charge in [-0.15, -0.1) is 6.42 Å². The summed E-state index contributed by atoms with van der Waals surface area (Å²) in [5.74, 6) is 2.86. The fourth-order valence-corrected chi connectivity index (χ4v) is 0.607. The number of hydrogen-bond donors (Lipinski definition) is 2. The van der Waals surface area contributed by atoms with Crippen molar-refractivity contribution in [3.05, 3.63) is 22.7 Å².